The number of carboxylic acids is 1. The summed E-state index contributed by atoms with van der Waals surface area (Å²) in [6.07, 6.45) is 0. The Morgan fingerprint density at radius 2 is 1.75 bits per heavy atom. The van der Waals surface area contributed by atoms with E-state index in [1.165, 1.54) is 30.3 Å². The minimum atomic E-state index is -1.11. The van der Waals surface area contributed by atoms with Gasteiger partial charge in [0.1, 0.15) is 0 Å². The number of hydrogen-bond donors (Lipinski definition) is 3. The summed E-state index contributed by atoms with van der Waals surface area (Å²) in [6.45, 7) is 0. The summed E-state index contributed by atoms with van der Waals surface area (Å²) in [6, 6.07) is 7.08. The average molecular weight is 315 g/mol. The summed E-state index contributed by atoms with van der Waals surface area (Å²) < 4.78 is 13.3. The number of carboxylic acid groups (broad SMARTS) is 1. The van der Waals surface area contributed by atoms with Crippen molar-refractivity contribution in [3.8, 4) is 0 Å². The Labute approximate surface area is 123 Å². The molecule has 0 aliphatic heterocycles. The lowest BCUT2D eigenvalue weighted by Crippen LogP contribution is -2.03. The van der Waals surface area contributed by atoms with Crippen LogP contribution in [0.25, 0.3) is 0 Å². The second-order valence-electron chi connectivity index (χ2n) is 3.99. The molecule has 0 bridgehead atoms. The van der Waals surface area contributed by atoms with Crippen molar-refractivity contribution in [2.24, 2.45) is 0 Å². The molecule has 0 aliphatic carbocycles. The van der Waals surface area contributed by atoms with Gasteiger partial charge in [-0.3, -0.25) is 0 Å². The largest absolute Gasteiger partial charge is 0.478 e. The first-order valence-electron chi connectivity index (χ1n) is 5.43. The fourth-order valence-electron chi connectivity index (χ4n) is 1.63. The van der Waals surface area contributed by atoms with Gasteiger partial charge in [0.15, 0.2) is 5.82 Å². The van der Waals surface area contributed by atoms with Crippen LogP contribution in [0.3, 0.4) is 0 Å². The highest BCUT2D eigenvalue weighted by Crippen LogP contribution is 2.29. The number of aromatic carboxylic acids is 1. The summed E-state index contributed by atoms with van der Waals surface area (Å²) in [4.78, 5) is 10.8. The molecule has 104 valence electrons. The molecule has 0 fully saturated rings. The molecule has 0 heterocycles. The fourth-order valence-corrected chi connectivity index (χ4v) is 2.12. The molecule has 0 spiro atoms. The van der Waals surface area contributed by atoms with Gasteiger partial charge in [-0.1, -0.05) is 23.2 Å². The topological polar surface area (TPSA) is 75.3 Å². The predicted octanol–water partition coefficient (Wildman–Crippen LogP) is 4.16. The normalized spacial score (nSPS) is 10.3. The van der Waals surface area contributed by atoms with E-state index in [4.69, 9.17) is 34.0 Å². The minimum Gasteiger partial charge on any atom is -0.478 e. The predicted molar refractivity (Wildman–Crippen MR) is 77.5 cm³/mol. The molecule has 0 radical (unpaired) electrons. The lowest BCUT2D eigenvalue weighted by atomic mass is 10.1. The maximum Gasteiger partial charge on any atom is 0.337 e. The first-order chi connectivity index (χ1) is 9.38. The van der Waals surface area contributed by atoms with Crippen LogP contribution >= 0.6 is 23.2 Å². The zero-order valence-electron chi connectivity index (χ0n) is 9.95. The summed E-state index contributed by atoms with van der Waals surface area (Å²) >= 11 is 11.4. The van der Waals surface area contributed by atoms with Crippen LogP contribution in [0.2, 0.25) is 10.0 Å². The second-order valence-corrected chi connectivity index (χ2v) is 4.80. The zero-order chi connectivity index (χ0) is 14.9. The molecule has 0 amide bonds. The second kappa shape index (κ2) is 5.56. The van der Waals surface area contributed by atoms with Gasteiger partial charge < -0.3 is 16.2 Å². The summed E-state index contributed by atoms with van der Waals surface area (Å²) in [5.41, 5.74) is 6.74. The van der Waals surface area contributed by atoms with Gasteiger partial charge in [0.25, 0.3) is 0 Å². The number of nitrogens with one attached hydrogen (secondary N) is 1. The third kappa shape index (κ3) is 2.95. The van der Waals surface area contributed by atoms with Gasteiger partial charge in [0, 0.05) is 17.1 Å². The number of rotatable bonds is 3. The van der Waals surface area contributed by atoms with Gasteiger partial charge in [0.2, 0.25) is 0 Å². The quantitative estimate of drug-likeness (QED) is 0.587. The maximum atomic E-state index is 13.3. The molecule has 20 heavy (non-hydrogen) atoms. The summed E-state index contributed by atoms with van der Waals surface area (Å²) in [5.74, 6) is -1.80. The van der Waals surface area contributed by atoms with Crippen molar-refractivity contribution in [3.63, 3.8) is 0 Å². The van der Waals surface area contributed by atoms with E-state index in [-0.39, 0.29) is 21.3 Å². The standard InChI is InChI=1S/C13H9Cl2FN2O2/c14-9-3-7(4-10(15)12(9)16)18-6-1-2-8(13(19)20)11(17)5-6/h1-5,18H,17H2,(H,19,20). The number of nitrogens with two attached hydrogens (primary N) is 1. The van der Waals surface area contributed by atoms with Crippen molar-refractivity contribution in [1.82, 2.24) is 0 Å². The smallest absolute Gasteiger partial charge is 0.337 e. The van der Waals surface area contributed by atoms with Gasteiger partial charge >= 0.3 is 5.97 Å². The van der Waals surface area contributed by atoms with E-state index >= 15 is 0 Å². The molecule has 0 saturated heterocycles. The third-order valence-electron chi connectivity index (χ3n) is 2.55. The molecule has 7 heteroatoms. The molecular formula is C13H9Cl2FN2O2. The number of benzene rings is 2. The van der Waals surface area contributed by atoms with E-state index in [0.29, 0.717) is 11.4 Å². The van der Waals surface area contributed by atoms with Crippen molar-refractivity contribution in [3.05, 3.63) is 51.8 Å². The summed E-state index contributed by atoms with van der Waals surface area (Å²) in [5, 5.41) is 11.6. The molecule has 4 N–H and O–H groups in total. The summed E-state index contributed by atoms with van der Waals surface area (Å²) in [7, 11) is 0. The van der Waals surface area contributed by atoms with Gasteiger partial charge in [-0.25, -0.2) is 9.18 Å². The van der Waals surface area contributed by atoms with Gasteiger partial charge in [-0.15, -0.1) is 0 Å². The van der Waals surface area contributed by atoms with E-state index in [1.54, 1.807) is 0 Å². The van der Waals surface area contributed by atoms with Crippen LogP contribution in [0.15, 0.2) is 30.3 Å². The van der Waals surface area contributed by atoms with Crippen LogP contribution in [0, 0.1) is 5.82 Å². The minimum absolute atomic E-state index is 0.00530. The van der Waals surface area contributed by atoms with Gasteiger partial charge in [0.05, 0.1) is 15.6 Å². The average Bonchev–Trinajstić information content (AvgIpc) is 2.35. The molecular weight excluding hydrogens is 306 g/mol. The third-order valence-corrected chi connectivity index (χ3v) is 3.10. The fraction of sp³-hybridized carbons (Fsp3) is 0. The van der Waals surface area contributed by atoms with Crippen LogP contribution in [0.1, 0.15) is 10.4 Å². The van der Waals surface area contributed by atoms with Gasteiger partial charge in [-0.2, -0.15) is 0 Å². The number of nitrogen functional groups attached to an aromatic ring is 1. The highest BCUT2D eigenvalue weighted by Gasteiger charge is 2.10. The monoisotopic (exact) mass is 314 g/mol. The van der Waals surface area contributed by atoms with Crippen LogP contribution in [-0.4, -0.2) is 11.1 Å². The van der Waals surface area contributed by atoms with Gasteiger partial charge in [-0.05, 0) is 30.3 Å². The molecule has 0 unspecified atom stereocenters. The SMILES string of the molecule is Nc1cc(Nc2cc(Cl)c(F)c(Cl)c2)ccc1C(=O)O. The zero-order valence-corrected chi connectivity index (χ0v) is 11.5. The Morgan fingerprint density at radius 1 is 1.15 bits per heavy atom. The lowest BCUT2D eigenvalue weighted by Gasteiger charge is -2.10. The molecule has 0 aromatic heterocycles. The van der Waals surface area contributed by atoms with Crippen LogP contribution in [-0.2, 0) is 0 Å². The van der Waals surface area contributed by atoms with E-state index in [2.05, 4.69) is 5.32 Å². The molecule has 2 aromatic rings. The van der Waals surface area contributed by atoms with Crippen molar-refractivity contribution >= 4 is 46.2 Å². The number of hydrogen-bond acceptors (Lipinski definition) is 3. The van der Waals surface area contributed by atoms with Crippen LogP contribution in [0.5, 0.6) is 0 Å². The van der Waals surface area contributed by atoms with Crippen molar-refractivity contribution in [1.29, 1.82) is 0 Å². The molecule has 2 rings (SSSR count). The van der Waals surface area contributed by atoms with E-state index < -0.39 is 11.8 Å². The molecule has 4 nitrogen and oxygen atoms in total. The van der Waals surface area contributed by atoms with E-state index in [1.807, 2.05) is 0 Å². The molecule has 2 aromatic carbocycles. The molecule has 0 atom stereocenters. The Balaban J connectivity index is 2.31. The number of anilines is 3. The lowest BCUT2D eigenvalue weighted by molar-refractivity contribution is 0.0698. The number of halogens is 3. The van der Waals surface area contributed by atoms with Crippen LogP contribution in [0.4, 0.5) is 21.5 Å². The van der Waals surface area contributed by atoms with E-state index in [0.717, 1.165) is 0 Å². The Hall–Kier alpha value is -1.98. The first-order valence-corrected chi connectivity index (χ1v) is 6.18. The van der Waals surface area contributed by atoms with Crippen molar-refractivity contribution < 1.29 is 14.3 Å². The van der Waals surface area contributed by atoms with E-state index in [9.17, 15) is 9.18 Å². The Bertz CT molecular complexity index is 669. The molecule has 0 aliphatic rings. The van der Waals surface area contributed by atoms with Crippen LogP contribution < -0.4 is 11.1 Å². The van der Waals surface area contributed by atoms with Crippen molar-refractivity contribution in [2.75, 3.05) is 11.1 Å². The first kappa shape index (κ1) is 14.4. The maximum absolute atomic E-state index is 13.3. The Morgan fingerprint density at radius 3 is 2.25 bits per heavy atom. The molecule has 0 saturated carbocycles. The highest BCUT2D eigenvalue weighted by molar-refractivity contribution is 6.35. The van der Waals surface area contributed by atoms with Crippen molar-refractivity contribution in [2.45, 2.75) is 0 Å². The highest BCUT2D eigenvalue weighted by atomic mass is 35.5. The number of carbonyl (C=O) groups is 1. The Kier molecular flexibility index (Phi) is 4.01.